The van der Waals surface area contributed by atoms with Gasteiger partial charge in [-0.25, -0.2) is 0 Å². The van der Waals surface area contributed by atoms with Crippen LogP contribution in [-0.2, 0) is 11.3 Å². The lowest BCUT2D eigenvalue weighted by Crippen LogP contribution is -2.15. The number of allylic oxidation sites excluding steroid dienone is 1. The minimum absolute atomic E-state index is 0.0445. The highest BCUT2D eigenvalue weighted by Crippen LogP contribution is 2.31. The lowest BCUT2D eigenvalue weighted by atomic mass is 10.3. The molecule has 0 aliphatic rings. The van der Waals surface area contributed by atoms with Crippen molar-refractivity contribution < 1.29 is 19.2 Å². The number of non-ortho nitro benzene ring substituents is 1. The molecule has 1 atom stereocenters. The molecule has 1 heterocycles. The Hall–Kier alpha value is -3.86. The van der Waals surface area contributed by atoms with Gasteiger partial charge in [-0.2, -0.15) is 0 Å². The van der Waals surface area contributed by atoms with E-state index in [2.05, 4.69) is 22.1 Å². The number of hydrogen-bond donors (Lipinski definition) is 1. The predicted octanol–water partition coefficient (Wildman–Crippen LogP) is 4.25. The van der Waals surface area contributed by atoms with Crippen LogP contribution < -0.4 is 14.8 Å². The summed E-state index contributed by atoms with van der Waals surface area (Å²) in [5.74, 6) is 1.57. The third-order valence-corrected chi connectivity index (χ3v) is 5.45. The highest BCUT2D eigenvalue weighted by molar-refractivity contribution is 7.99. The molecule has 0 saturated heterocycles. The molecular formula is C22H23N5O5S. The van der Waals surface area contributed by atoms with Gasteiger partial charge in [-0.15, -0.1) is 16.8 Å². The molecule has 0 aliphatic carbocycles. The first-order valence-electron chi connectivity index (χ1n) is 9.93. The molecule has 33 heavy (non-hydrogen) atoms. The molecule has 0 spiro atoms. The number of amides is 1. The lowest BCUT2D eigenvalue weighted by molar-refractivity contribution is -0.384. The van der Waals surface area contributed by atoms with E-state index < -0.39 is 11.0 Å². The molecule has 0 radical (unpaired) electrons. The quantitative estimate of drug-likeness (QED) is 0.191. The monoisotopic (exact) mass is 469 g/mol. The van der Waals surface area contributed by atoms with E-state index in [0.29, 0.717) is 34.7 Å². The van der Waals surface area contributed by atoms with E-state index in [0.717, 1.165) is 0 Å². The number of para-hydroxylation sites is 2. The summed E-state index contributed by atoms with van der Waals surface area (Å²) in [6, 6.07) is 12.9. The van der Waals surface area contributed by atoms with E-state index in [9.17, 15) is 14.9 Å². The van der Waals surface area contributed by atoms with E-state index in [1.165, 1.54) is 36.0 Å². The van der Waals surface area contributed by atoms with Crippen LogP contribution in [0.1, 0.15) is 18.9 Å². The lowest BCUT2D eigenvalue weighted by Gasteiger charge is -2.17. The molecule has 1 amide bonds. The Bertz CT molecular complexity index is 1130. The third-order valence-electron chi connectivity index (χ3n) is 4.49. The first-order valence-corrected chi connectivity index (χ1v) is 10.9. The number of nitrogens with one attached hydrogen (secondary N) is 1. The number of nitrogens with zero attached hydrogens (tertiary/aromatic N) is 4. The maximum atomic E-state index is 12.3. The molecule has 0 saturated carbocycles. The maximum absolute atomic E-state index is 12.3. The zero-order valence-electron chi connectivity index (χ0n) is 18.1. The number of aromatic nitrogens is 3. The number of ether oxygens (including phenoxy) is 2. The molecule has 172 valence electrons. The van der Waals surface area contributed by atoms with Gasteiger partial charge in [0.05, 0.1) is 17.8 Å². The van der Waals surface area contributed by atoms with Crippen molar-refractivity contribution in [3.05, 3.63) is 77.1 Å². The fraction of sp³-hybridized carbons (Fsp3) is 0.227. The Morgan fingerprint density at radius 2 is 1.94 bits per heavy atom. The van der Waals surface area contributed by atoms with Gasteiger partial charge in [-0.3, -0.25) is 19.5 Å². The fourth-order valence-electron chi connectivity index (χ4n) is 2.96. The molecule has 0 fully saturated rings. The first-order chi connectivity index (χ1) is 15.9. The largest absolute Gasteiger partial charge is 0.493 e. The first kappa shape index (κ1) is 23.8. The van der Waals surface area contributed by atoms with Crippen molar-refractivity contribution in [3.8, 4) is 11.5 Å². The van der Waals surface area contributed by atoms with Gasteiger partial charge in [0.15, 0.2) is 28.6 Å². The Balaban J connectivity index is 1.66. The van der Waals surface area contributed by atoms with Crippen LogP contribution in [0, 0.1) is 10.1 Å². The topological polar surface area (TPSA) is 121 Å². The minimum Gasteiger partial charge on any atom is -0.493 e. The maximum Gasteiger partial charge on any atom is 0.269 e. The van der Waals surface area contributed by atoms with Gasteiger partial charge >= 0.3 is 0 Å². The van der Waals surface area contributed by atoms with Crippen molar-refractivity contribution in [1.29, 1.82) is 0 Å². The van der Waals surface area contributed by atoms with Crippen molar-refractivity contribution in [3.63, 3.8) is 0 Å². The van der Waals surface area contributed by atoms with Gasteiger partial charge < -0.3 is 14.8 Å². The summed E-state index contributed by atoms with van der Waals surface area (Å²) >= 11 is 1.22. The number of carbonyl (C=O) groups excluding carboxylic acids is 1. The van der Waals surface area contributed by atoms with Gasteiger partial charge in [-0.05, 0) is 31.2 Å². The van der Waals surface area contributed by atoms with Crippen LogP contribution in [0.25, 0.3) is 0 Å². The second-order valence-corrected chi connectivity index (χ2v) is 7.73. The number of hydrogen-bond acceptors (Lipinski definition) is 8. The molecular weight excluding hydrogens is 446 g/mol. The van der Waals surface area contributed by atoms with Crippen molar-refractivity contribution in [2.24, 2.45) is 0 Å². The number of benzene rings is 2. The smallest absolute Gasteiger partial charge is 0.269 e. The zero-order chi connectivity index (χ0) is 23.8. The van der Waals surface area contributed by atoms with Gasteiger partial charge in [0.1, 0.15) is 0 Å². The van der Waals surface area contributed by atoms with Crippen LogP contribution in [0.4, 0.5) is 11.4 Å². The Kier molecular flexibility index (Phi) is 8.03. The standard InChI is InChI=1S/C22H23N5O5S/c1-4-13-26-21(15(2)32-19-8-6-5-7-18(19)31-3)24-25-22(26)33-14-20(28)23-16-9-11-17(12-10-16)27(29)30/h4-12,15H,1,13-14H2,2-3H3,(H,23,28). The molecule has 1 N–H and O–H groups in total. The van der Waals surface area contributed by atoms with Crippen LogP contribution in [0.3, 0.4) is 0 Å². The normalized spacial score (nSPS) is 11.5. The number of thioether (sulfide) groups is 1. The van der Waals surface area contributed by atoms with E-state index >= 15 is 0 Å². The summed E-state index contributed by atoms with van der Waals surface area (Å²) in [6.07, 6.45) is 1.28. The van der Waals surface area contributed by atoms with Crippen molar-refractivity contribution in [1.82, 2.24) is 14.8 Å². The number of carbonyl (C=O) groups is 1. The van der Waals surface area contributed by atoms with Crippen LogP contribution >= 0.6 is 11.8 Å². The highest BCUT2D eigenvalue weighted by Gasteiger charge is 2.21. The van der Waals surface area contributed by atoms with E-state index in [4.69, 9.17) is 9.47 Å². The molecule has 1 unspecified atom stereocenters. The molecule has 3 aromatic rings. The molecule has 1 aromatic heterocycles. The average Bonchev–Trinajstić information content (AvgIpc) is 3.21. The van der Waals surface area contributed by atoms with Crippen LogP contribution in [0.15, 0.2) is 66.3 Å². The molecule has 11 heteroatoms. The predicted molar refractivity (Wildman–Crippen MR) is 125 cm³/mol. The van der Waals surface area contributed by atoms with Crippen LogP contribution in [0.2, 0.25) is 0 Å². The molecule has 0 bridgehead atoms. The Labute approximate surface area is 194 Å². The second-order valence-electron chi connectivity index (χ2n) is 6.79. The average molecular weight is 470 g/mol. The van der Waals surface area contributed by atoms with Crippen molar-refractivity contribution in [2.45, 2.75) is 24.7 Å². The van der Waals surface area contributed by atoms with Gasteiger partial charge in [0, 0.05) is 24.4 Å². The third kappa shape index (κ3) is 6.10. The van der Waals surface area contributed by atoms with Crippen LogP contribution in [-0.4, -0.2) is 38.5 Å². The Morgan fingerprint density at radius 3 is 2.58 bits per heavy atom. The summed E-state index contributed by atoms with van der Waals surface area (Å²) < 4.78 is 13.2. The summed E-state index contributed by atoms with van der Waals surface area (Å²) in [5.41, 5.74) is 0.426. The van der Waals surface area contributed by atoms with Crippen molar-refractivity contribution in [2.75, 3.05) is 18.2 Å². The fourth-order valence-corrected chi connectivity index (χ4v) is 3.72. The number of methoxy groups -OCH3 is 1. The molecule has 2 aromatic carbocycles. The zero-order valence-corrected chi connectivity index (χ0v) is 18.9. The summed E-state index contributed by atoms with van der Waals surface area (Å²) in [5, 5.41) is 22.5. The number of nitro groups is 1. The molecule has 10 nitrogen and oxygen atoms in total. The van der Waals surface area contributed by atoms with Crippen molar-refractivity contribution >= 4 is 29.0 Å². The molecule has 3 rings (SSSR count). The number of nitro benzene ring substituents is 1. The molecule has 0 aliphatic heterocycles. The number of rotatable bonds is 11. The van der Waals surface area contributed by atoms with E-state index in [1.807, 2.05) is 29.7 Å². The van der Waals surface area contributed by atoms with Gasteiger partial charge in [-0.1, -0.05) is 30.0 Å². The highest BCUT2D eigenvalue weighted by atomic mass is 32.2. The second kappa shape index (κ2) is 11.1. The Morgan fingerprint density at radius 1 is 1.24 bits per heavy atom. The number of anilines is 1. The van der Waals surface area contributed by atoms with Crippen LogP contribution in [0.5, 0.6) is 11.5 Å². The summed E-state index contributed by atoms with van der Waals surface area (Å²) in [6.45, 7) is 6.08. The minimum atomic E-state index is -0.496. The van der Waals surface area contributed by atoms with Gasteiger partial charge in [0.2, 0.25) is 5.91 Å². The SMILES string of the molecule is C=CCn1c(SCC(=O)Nc2ccc([N+](=O)[O-])cc2)nnc1C(C)Oc1ccccc1OC. The summed E-state index contributed by atoms with van der Waals surface area (Å²) in [4.78, 5) is 22.6. The summed E-state index contributed by atoms with van der Waals surface area (Å²) in [7, 11) is 1.57. The van der Waals surface area contributed by atoms with E-state index in [-0.39, 0.29) is 17.3 Å². The van der Waals surface area contributed by atoms with Gasteiger partial charge in [0.25, 0.3) is 5.69 Å². The van der Waals surface area contributed by atoms with E-state index in [1.54, 1.807) is 19.3 Å².